The van der Waals surface area contributed by atoms with Gasteiger partial charge >= 0.3 is 0 Å². The molecule has 1 fully saturated rings. The molecule has 1 aromatic heterocycles. The van der Waals surface area contributed by atoms with E-state index in [-0.39, 0.29) is 6.10 Å². The van der Waals surface area contributed by atoms with Crippen molar-refractivity contribution in [3.8, 4) is 11.9 Å². The topological polar surface area (TPSA) is 55.1 Å². The maximum atomic E-state index is 9.14. The number of ether oxygens (including phenoxy) is 2. The summed E-state index contributed by atoms with van der Waals surface area (Å²) in [6.07, 6.45) is 2.40. The minimum atomic E-state index is 0.160. The molecule has 4 nitrogen and oxygen atoms in total. The van der Waals surface area contributed by atoms with Crippen LogP contribution in [0.5, 0.6) is 5.88 Å². The Balaban J connectivity index is 2.03. The molecule has 1 heterocycles. The van der Waals surface area contributed by atoms with Gasteiger partial charge in [0.25, 0.3) is 0 Å². The van der Waals surface area contributed by atoms with Gasteiger partial charge in [0.05, 0.1) is 12.7 Å². The van der Waals surface area contributed by atoms with E-state index in [0.29, 0.717) is 35.7 Å². The molecule has 1 aliphatic rings. The highest BCUT2D eigenvalue weighted by Crippen LogP contribution is 2.43. The smallest absolute Gasteiger partial charge is 0.233 e. The number of pyridine rings is 1. The quantitative estimate of drug-likeness (QED) is 0.593. The lowest BCUT2D eigenvalue weighted by atomic mass is 10.1. The first-order valence-electron chi connectivity index (χ1n) is 6.46. The second-order valence-corrected chi connectivity index (χ2v) is 5.23. The summed E-state index contributed by atoms with van der Waals surface area (Å²) in [4.78, 5) is 4.19. The highest BCUT2D eigenvalue weighted by atomic mass is 35.5. The maximum Gasteiger partial charge on any atom is 0.233 e. The van der Waals surface area contributed by atoms with Gasteiger partial charge < -0.3 is 9.47 Å². The van der Waals surface area contributed by atoms with Gasteiger partial charge in [0.15, 0.2) is 0 Å². The van der Waals surface area contributed by atoms with Gasteiger partial charge in [-0.25, -0.2) is 4.98 Å². The molecule has 0 unspecified atom stereocenters. The predicted molar refractivity (Wildman–Crippen MR) is 72.5 cm³/mol. The van der Waals surface area contributed by atoms with Crippen molar-refractivity contribution in [3.05, 3.63) is 22.3 Å². The van der Waals surface area contributed by atoms with Crippen molar-refractivity contribution in [2.45, 2.75) is 38.7 Å². The zero-order valence-electron chi connectivity index (χ0n) is 11.1. The summed E-state index contributed by atoms with van der Waals surface area (Å²) in [6.45, 7) is 4.74. The minimum Gasteiger partial charge on any atom is -0.474 e. The van der Waals surface area contributed by atoms with Crippen molar-refractivity contribution in [1.29, 1.82) is 5.26 Å². The summed E-state index contributed by atoms with van der Waals surface area (Å²) < 4.78 is 10.8. The van der Waals surface area contributed by atoms with Gasteiger partial charge in [-0.1, -0.05) is 11.6 Å². The van der Waals surface area contributed by atoms with Gasteiger partial charge in [-0.15, -0.1) is 0 Å². The summed E-state index contributed by atoms with van der Waals surface area (Å²) in [5.74, 6) is 0.759. The van der Waals surface area contributed by atoms with Crippen molar-refractivity contribution in [2.75, 3.05) is 13.2 Å². The Morgan fingerprint density at radius 3 is 2.79 bits per heavy atom. The molecule has 1 aromatic rings. The van der Waals surface area contributed by atoms with Crippen LogP contribution in [0.3, 0.4) is 0 Å². The van der Waals surface area contributed by atoms with Gasteiger partial charge in [0, 0.05) is 0 Å². The third-order valence-corrected chi connectivity index (χ3v) is 3.18. The summed E-state index contributed by atoms with van der Waals surface area (Å²) >= 11 is 6.12. The highest BCUT2D eigenvalue weighted by molar-refractivity contribution is 6.30. The number of hydrogen-bond acceptors (Lipinski definition) is 4. The molecule has 0 atom stereocenters. The van der Waals surface area contributed by atoms with Gasteiger partial charge in [-0.05, 0) is 44.2 Å². The summed E-state index contributed by atoms with van der Waals surface area (Å²) in [5.41, 5.74) is 1.40. The lowest BCUT2D eigenvalue weighted by Crippen LogP contribution is -2.12. The molecule has 0 saturated heterocycles. The molecule has 1 aliphatic carbocycles. The number of halogens is 1. The zero-order chi connectivity index (χ0) is 13.8. The van der Waals surface area contributed by atoms with Crippen molar-refractivity contribution >= 4 is 11.6 Å². The van der Waals surface area contributed by atoms with Crippen LogP contribution in [0.15, 0.2) is 6.07 Å². The molecule has 0 aromatic carbocycles. The van der Waals surface area contributed by atoms with E-state index in [0.717, 1.165) is 18.4 Å². The zero-order valence-corrected chi connectivity index (χ0v) is 11.9. The first kappa shape index (κ1) is 14.1. The molecule has 0 N–H and O–H groups in total. The molecule has 0 radical (unpaired) electrons. The Bertz CT molecular complexity index is 493. The Morgan fingerprint density at radius 2 is 2.21 bits per heavy atom. The molecule has 0 amide bonds. The molecular formula is C14H17ClN2O2. The molecule has 0 aliphatic heterocycles. The van der Waals surface area contributed by atoms with Crippen LogP contribution < -0.4 is 4.74 Å². The number of nitriles is 1. The number of nitrogens with zero attached hydrogens (tertiary/aromatic N) is 2. The van der Waals surface area contributed by atoms with Crippen LogP contribution in [0.1, 0.15) is 43.7 Å². The van der Waals surface area contributed by atoms with Gasteiger partial charge in [0.2, 0.25) is 5.88 Å². The van der Waals surface area contributed by atoms with Crippen molar-refractivity contribution in [1.82, 2.24) is 4.98 Å². The first-order valence-corrected chi connectivity index (χ1v) is 6.84. The largest absolute Gasteiger partial charge is 0.474 e. The van der Waals surface area contributed by atoms with E-state index in [9.17, 15) is 0 Å². The van der Waals surface area contributed by atoms with E-state index >= 15 is 0 Å². The standard InChI is InChI=1S/C14H17ClN2O2/c1-9(2)18-5-6-19-14-11(8-16)7-12(10-3-4-10)13(15)17-14/h7,9-10H,3-6H2,1-2H3. The predicted octanol–water partition coefficient (Wildman–Crippen LogP) is 3.29. The van der Waals surface area contributed by atoms with Gasteiger partial charge in [-0.3, -0.25) is 0 Å². The maximum absolute atomic E-state index is 9.14. The molecule has 2 rings (SSSR count). The van der Waals surface area contributed by atoms with Crippen LogP contribution in [-0.2, 0) is 4.74 Å². The fraction of sp³-hybridized carbons (Fsp3) is 0.571. The summed E-state index contributed by atoms with van der Waals surface area (Å²) in [7, 11) is 0. The first-order chi connectivity index (χ1) is 9.11. The fourth-order valence-corrected chi connectivity index (χ4v) is 2.07. The molecule has 1 saturated carbocycles. The van der Waals surface area contributed by atoms with Gasteiger partial charge in [-0.2, -0.15) is 5.26 Å². The van der Waals surface area contributed by atoms with Crippen molar-refractivity contribution < 1.29 is 9.47 Å². The Kier molecular flexibility index (Phi) is 4.62. The fourth-order valence-electron chi connectivity index (χ4n) is 1.78. The Morgan fingerprint density at radius 1 is 1.47 bits per heavy atom. The van der Waals surface area contributed by atoms with E-state index in [1.165, 1.54) is 0 Å². The monoisotopic (exact) mass is 280 g/mol. The number of aromatic nitrogens is 1. The molecular weight excluding hydrogens is 264 g/mol. The van der Waals surface area contributed by atoms with E-state index < -0.39 is 0 Å². The average molecular weight is 281 g/mol. The van der Waals surface area contributed by atoms with Crippen LogP contribution in [0.4, 0.5) is 0 Å². The molecule has 0 spiro atoms. The van der Waals surface area contributed by atoms with Crippen LogP contribution in [0.25, 0.3) is 0 Å². The number of rotatable bonds is 6. The van der Waals surface area contributed by atoms with Crippen molar-refractivity contribution in [3.63, 3.8) is 0 Å². The van der Waals surface area contributed by atoms with E-state index in [1.54, 1.807) is 6.07 Å². The average Bonchev–Trinajstić information content (AvgIpc) is 3.19. The van der Waals surface area contributed by atoms with E-state index in [2.05, 4.69) is 11.1 Å². The van der Waals surface area contributed by atoms with Crippen molar-refractivity contribution in [2.24, 2.45) is 0 Å². The molecule has 19 heavy (non-hydrogen) atoms. The second kappa shape index (κ2) is 6.23. The summed E-state index contributed by atoms with van der Waals surface area (Å²) in [6, 6.07) is 3.91. The third kappa shape index (κ3) is 3.82. The van der Waals surface area contributed by atoms with Crippen LogP contribution in [-0.4, -0.2) is 24.3 Å². The Labute approximate surface area is 118 Å². The van der Waals surface area contributed by atoms with Crippen LogP contribution in [0.2, 0.25) is 5.15 Å². The normalized spacial score (nSPS) is 14.5. The van der Waals surface area contributed by atoms with Gasteiger partial charge in [0.1, 0.15) is 23.4 Å². The number of hydrogen-bond donors (Lipinski definition) is 0. The summed E-state index contributed by atoms with van der Waals surface area (Å²) in [5, 5.41) is 9.58. The van der Waals surface area contributed by atoms with E-state index in [1.807, 2.05) is 13.8 Å². The molecule has 0 bridgehead atoms. The molecule has 102 valence electrons. The lowest BCUT2D eigenvalue weighted by Gasteiger charge is -2.11. The van der Waals surface area contributed by atoms with Crippen LogP contribution in [0, 0.1) is 11.3 Å². The second-order valence-electron chi connectivity index (χ2n) is 4.88. The minimum absolute atomic E-state index is 0.160. The lowest BCUT2D eigenvalue weighted by molar-refractivity contribution is 0.0542. The Hall–Kier alpha value is -1.31. The SMILES string of the molecule is CC(C)OCCOc1nc(Cl)c(C2CC2)cc1C#N. The highest BCUT2D eigenvalue weighted by Gasteiger charge is 2.28. The van der Waals surface area contributed by atoms with Crippen LogP contribution >= 0.6 is 11.6 Å². The molecule has 5 heteroatoms. The van der Waals surface area contributed by atoms with E-state index in [4.69, 9.17) is 26.3 Å². The third-order valence-electron chi connectivity index (χ3n) is 2.88.